The quantitative estimate of drug-likeness (QED) is 0.739. The van der Waals surface area contributed by atoms with E-state index in [1.54, 1.807) is 18.5 Å². The fraction of sp³-hybridized carbons (Fsp3) is 0. The average Bonchev–Trinajstić information content (AvgIpc) is 2.30. The number of carbonyl (C=O) groups is 1. The molecule has 0 spiro atoms. The maximum Gasteiger partial charge on any atom is 0.335 e. The van der Waals surface area contributed by atoms with Crippen molar-refractivity contribution in [3.63, 3.8) is 0 Å². The van der Waals surface area contributed by atoms with Crippen LogP contribution >= 0.6 is 0 Å². The molecule has 1 aromatic carbocycles. The van der Waals surface area contributed by atoms with Gasteiger partial charge in [-0.05, 0) is 18.2 Å². The molecule has 5 nitrogen and oxygen atoms in total. The zero-order valence-corrected chi connectivity index (χ0v) is 8.29. The van der Waals surface area contributed by atoms with Crippen molar-refractivity contribution in [3.05, 3.63) is 42.5 Å². The highest BCUT2D eigenvalue weighted by Gasteiger charge is 2.08. The van der Waals surface area contributed by atoms with Gasteiger partial charge in [-0.1, -0.05) is 0 Å². The van der Waals surface area contributed by atoms with E-state index in [4.69, 9.17) is 10.8 Å². The molecular formula is C11H9N3O2. The van der Waals surface area contributed by atoms with Crippen molar-refractivity contribution in [2.45, 2.75) is 0 Å². The molecule has 0 fully saturated rings. The number of carboxylic acid groups (broad SMARTS) is 1. The normalized spacial score (nSPS) is 10.0. The van der Waals surface area contributed by atoms with Crippen molar-refractivity contribution >= 4 is 11.7 Å². The van der Waals surface area contributed by atoms with Gasteiger partial charge < -0.3 is 10.8 Å². The number of aromatic nitrogens is 2. The number of aromatic carboxylic acids is 1. The zero-order valence-electron chi connectivity index (χ0n) is 8.29. The molecule has 0 aliphatic rings. The lowest BCUT2D eigenvalue weighted by Gasteiger charge is -2.05. The molecule has 0 radical (unpaired) electrons. The van der Waals surface area contributed by atoms with E-state index in [0.717, 1.165) is 0 Å². The number of hydrogen-bond acceptors (Lipinski definition) is 4. The second kappa shape index (κ2) is 3.98. The third kappa shape index (κ3) is 1.83. The van der Waals surface area contributed by atoms with E-state index in [9.17, 15) is 4.79 Å². The standard InChI is InChI=1S/C11H9N3O2/c12-10-2-1-7(11(15)16)3-9(10)8-4-13-6-14-5-8/h1-6H,12H2,(H,15,16). The summed E-state index contributed by atoms with van der Waals surface area (Å²) in [5.74, 6) is -0.988. The van der Waals surface area contributed by atoms with Crippen molar-refractivity contribution in [2.24, 2.45) is 0 Å². The van der Waals surface area contributed by atoms with Gasteiger partial charge in [0.05, 0.1) is 5.56 Å². The minimum absolute atomic E-state index is 0.188. The topological polar surface area (TPSA) is 89.1 Å². The van der Waals surface area contributed by atoms with Crippen LogP contribution in [0.15, 0.2) is 36.9 Å². The first-order chi connectivity index (χ1) is 7.68. The summed E-state index contributed by atoms with van der Waals surface area (Å²) in [6.07, 6.45) is 4.58. The third-order valence-electron chi connectivity index (χ3n) is 2.17. The lowest BCUT2D eigenvalue weighted by atomic mass is 10.0. The highest BCUT2D eigenvalue weighted by molar-refractivity contribution is 5.91. The van der Waals surface area contributed by atoms with Gasteiger partial charge in [-0.25, -0.2) is 14.8 Å². The Labute approximate surface area is 91.6 Å². The van der Waals surface area contributed by atoms with Gasteiger partial charge in [-0.2, -0.15) is 0 Å². The fourth-order valence-electron chi connectivity index (χ4n) is 1.38. The molecule has 5 heteroatoms. The lowest BCUT2D eigenvalue weighted by Crippen LogP contribution is -1.99. The van der Waals surface area contributed by atoms with Gasteiger partial charge in [0.1, 0.15) is 6.33 Å². The van der Waals surface area contributed by atoms with E-state index in [1.165, 1.54) is 18.5 Å². The number of nitrogen functional groups attached to an aromatic ring is 1. The van der Waals surface area contributed by atoms with Crippen molar-refractivity contribution in [1.29, 1.82) is 0 Å². The van der Waals surface area contributed by atoms with Crippen LogP contribution in [0.2, 0.25) is 0 Å². The van der Waals surface area contributed by atoms with Crippen molar-refractivity contribution in [1.82, 2.24) is 9.97 Å². The Morgan fingerprint density at radius 2 is 1.94 bits per heavy atom. The number of carboxylic acids is 1. The van der Waals surface area contributed by atoms with Crippen LogP contribution in [0.1, 0.15) is 10.4 Å². The number of hydrogen-bond donors (Lipinski definition) is 2. The number of benzene rings is 1. The molecule has 3 N–H and O–H groups in total. The molecule has 80 valence electrons. The van der Waals surface area contributed by atoms with E-state index in [1.807, 2.05) is 0 Å². The first-order valence-corrected chi connectivity index (χ1v) is 4.56. The van der Waals surface area contributed by atoms with Crippen LogP contribution in [0.5, 0.6) is 0 Å². The maximum absolute atomic E-state index is 10.8. The van der Waals surface area contributed by atoms with E-state index in [0.29, 0.717) is 16.8 Å². The van der Waals surface area contributed by atoms with Gasteiger partial charge in [0.15, 0.2) is 0 Å². The van der Waals surface area contributed by atoms with Crippen LogP contribution in [0.25, 0.3) is 11.1 Å². The summed E-state index contributed by atoms with van der Waals surface area (Å²) in [6.45, 7) is 0. The summed E-state index contributed by atoms with van der Waals surface area (Å²) in [5.41, 5.74) is 7.78. The van der Waals surface area contributed by atoms with Gasteiger partial charge in [-0.3, -0.25) is 0 Å². The van der Waals surface area contributed by atoms with Crippen molar-refractivity contribution in [2.75, 3.05) is 5.73 Å². The molecule has 1 aromatic heterocycles. The van der Waals surface area contributed by atoms with Crippen molar-refractivity contribution < 1.29 is 9.90 Å². The SMILES string of the molecule is Nc1ccc(C(=O)O)cc1-c1cncnc1. The second-order valence-electron chi connectivity index (χ2n) is 3.23. The highest BCUT2D eigenvalue weighted by atomic mass is 16.4. The molecule has 0 bridgehead atoms. The summed E-state index contributed by atoms with van der Waals surface area (Å²) in [5, 5.41) is 8.87. The zero-order chi connectivity index (χ0) is 11.5. The van der Waals surface area contributed by atoms with E-state index in [2.05, 4.69) is 9.97 Å². The van der Waals surface area contributed by atoms with Gasteiger partial charge in [-0.15, -0.1) is 0 Å². The molecule has 0 aliphatic heterocycles. The summed E-state index contributed by atoms with van der Waals surface area (Å²) < 4.78 is 0. The molecular weight excluding hydrogens is 206 g/mol. The highest BCUT2D eigenvalue weighted by Crippen LogP contribution is 2.25. The van der Waals surface area contributed by atoms with Gasteiger partial charge in [0.2, 0.25) is 0 Å². The van der Waals surface area contributed by atoms with Crippen LogP contribution in [0.3, 0.4) is 0 Å². The first kappa shape index (κ1) is 10.1. The molecule has 0 unspecified atom stereocenters. The van der Waals surface area contributed by atoms with Crippen LogP contribution in [-0.2, 0) is 0 Å². The molecule has 0 amide bonds. The molecule has 0 saturated carbocycles. The monoisotopic (exact) mass is 215 g/mol. The molecule has 16 heavy (non-hydrogen) atoms. The molecule has 0 aliphatic carbocycles. The molecule has 0 saturated heterocycles. The molecule has 2 aromatic rings. The predicted molar refractivity (Wildman–Crippen MR) is 58.8 cm³/mol. The van der Waals surface area contributed by atoms with Crippen LogP contribution in [0.4, 0.5) is 5.69 Å². The van der Waals surface area contributed by atoms with Gasteiger partial charge >= 0.3 is 5.97 Å². The molecule has 2 rings (SSSR count). The Morgan fingerprint density at radius 1 is 1.25 bits per heavy atom. The van der Waals surface area contributed by atoms with Gasteiger partial charge in [0, 0.05) is 29.2 Å². The minimum Gasteiger partial charge on any atom is -0.478 e. The van der Waals surface area contributed by atoms with Crippen LogP contribution in [0, 0.1) is 0 Å². The Hall–Kier alpha value is -2.43. The number of nitrogens with two attached hydrogens (primary N) is 1. The first-order valence-electron chi connectivity index (χ1n) is 4.56. The number of rotatable bonds is 2. The maximum atomic E-state index is 10.8. The summed E-state index contributed by atoms with van der Waals surface area (Å²) in [7, 11) is 0. The Balaban J connectivity index is 2.56. The fourth-order valence-corrected chi connectivity index (χ4v) is 1.38. The summed E-state index contributed by atoms with van der Waals surface area (Å²) in [4.78, 5) is 18.5. The van der Waals surface area contributed by atoms with E-state index >= 15 is 0 Å². The smallest absolute Gasteiger partial charge is 0.335 e. The molecule has 0 atom stereocenters. The second-order valence-corrected chi connectivity index (χ2v) is 3.23. The Kier molecular flexibility index (Phi) is 2.51. The molecule has 1 heterocycles. The van der Waals surface area contributed by atoms with E-state index in [-0.39, 0.29) is 5.56 Å². The van der Waals surface area contributed by atoms with Gasteiger partial charge in [0.25, 0.3) is 0 Å². The van der Waals surface area contributed by atoms with E-state index < -0.39 is 5.97 Å². The van der Waals surface area contributed by atoms with Crippen LogP contribution in [-0.4, -0.2) is 21.0 Å². The number of anilines is 1. The third-order valence-corrected chi connectivity index (χ3v) is 2.17. The van der Waals surface area contributed by atoms with Crippen LogP contribution < -0.4 is 5.73 Å². The average molecular weight is 215 g/mol. The largest absolute Gasteiger partial charge is 0.478 e. The summed E-state index contributed by atoms with van der Waals surface area (Å²) >= 11 is 0. The minimum atomic E-state index is -0.988. The predicted octanol–water partition coefficient (Wildman–Crippen LogP) is 1.42. The summed E-state index contributed by atoms with van der Waals surface area (Å²) in [6, 6.07) is 4.53. The Bertz CT molecular complexity index is 526. The lowest BCUT2D eigenvalue weighted by molar-refractivity contribution is 0.0697. The number of nitrogens with zero attached hydrogens (tertiary/aromatic N) is 2. The Morgan fingerprint density at radius 3 is 2.56 bits per heavy atom. The van der Waals surface area contributed by atoms with Crippen molar-refractivity contribution in [3.8, 4) is 11.1 Å².